The number of carbonyl (C=O) groups is 1. The van der Waals surface area contributed by atoms with Crippen molar-refractivity contribution >= 4 is 5.97 Å². The highest BCUT2D eigenvalue weighted by Gasteiger charge is 2.17. The third kappa shape index (κ3) is 7.14. The van der Waals surface area contributed by atoms with Crippen LogP contribution >= 0.6 is 0 Å². The fourth-order valence-electron chi connectivity index (χ4n) is 1.37. The molecule has 1 unspecified atom stereocenters. The second kappa shape index (κ2) is 9.71. The van der Waals surface area contributed by atoms with E-state index in [1.807, 2.05) is 6.92 Å². The molecule has 0 heterocycles. The molecule has 0 aliphatic carbocycles. The molecule has 88 valence electrons. The minimum atomic E-state index is -0.172. The van der Waals surface area contributed by atoms with Crippen molar-refractivity contribution in [2.24, 2.45) is 0 Å². The van der Waals surface area contributed by atoms with Crippen LogP contribution in [0.25, 0.3) is 0 Å². The first-order chi connectivity index (χ1) is 7.26. The predicted octanol–water partition coefficient (Wildman–Crippen LogP) is 2.27. The molecular formula is C12H23NO2. The molecule has 0 aliphatic heterocycles. The summed E-state index contributed by atoms with van der Waals surface area (Å²) in [5.74, 6) is -0.143. The lowest BCUT2D eigenvalue weighted by Crippen LogP contribution is -2.38. The third-order valence-corrected chi connectivity index (χ3v) is 2.18. The Balaban J connectivity index is 3.92. The van der Waals surface area contributed by atoms with Crippen molar-refractivity contribution in [1.82, 2.24) is 5.32 Å². The van der Waals surface area contributed by atoms with Crippen LogP contribution in [0, 0.1) is 0 Å². The van der Waals surface area contributed by atoms with Crippen LogP contribution in [0.3, 0.4) is 0 Å². The summed E-state index contributed by atoms with van der Waals surface area (Å²) in [7, 11) is 0. The van der Waals surface area contributed by atoms with Gasteiger partial charge in [-0.25, -0.2) is 0 Å². The monoisotopic (exact) mass is 213 g/mol. The molecule has 0 saturated heterocycles. The van der Waals surface area contributed by atoms with Crippen LogP contribution in [0.15, 0.2) is 12.7 Å². The molecule has 0 bridgehead atoms. The molecule has 0 spiro atoms. The summed E-state index contributed by atoms with van der Waals surface area (Å²) in [4.78, 5) is 11.5. The van der Waals surface area contributed by atoms with Crippen LogP contribution in [-0.2, 0) is 9.53 Å². The third-order valence-electron chi connectivity index (χ3n) is 2.18. The van der Waals surface area contributed by atoms with Gasteiger partial charge >= 0.3 is 5.97 Å². The second-order valence-electron chi connectivity index (χ2n) is 3.50. The highest BCUT2D eigenvalue weighted by molar-refractivity contribution is 5.75. The van der Waals surface area contributed by atoms with Gasteiger partial charge in [-0.3, -0.25) is 4.79 Å². The Morgan fingerprint density at radius 2 is 2.20 bits per heavy atom. The topological polar surface area (TPSA) is 38.3 Å². The zero-order valence-electron chi connectivity index (χ0n) is 9.92. The van der Waals surface area contributed by atoms with E-state index in [1.165, 1.54) is 0 Å². The normalized spacial score (nSPS) is 12.1. The average molecular weight is 213 g/mol. The molecule has 0 saturated carbocycles. The first kappa shape index (κ1) is 14.2. The number of hydrogen-bond acceptors (Lipinski definition) is 3. The molecule has 3 heteroatoms. The van der Waals surface area contributed by atoms with Gasteiger partial charge in [-0.05, 0) is 13.3 Å². The number of esters is 1. The van der Waals surface area contributed by atoms with Gasteiger partial charge in [0, 0.05) is 6.54 Å². The van der Waals surface area contributed by atoms with Gasteiger partial charge in [-0.2, -0.15) is 0 Å². The van der Waals surface area contributed by atoms with Crippen molar-refractivity contribution in [2.75, 3.05) is 13.2 Å². The lowest BCUT2D eigenvalue weighted by molar-refractivity contribution is -0.145. The van der Waals surface area contributed by atoms with Gasteiger partial charge in [0.1, 0.15) is 6.04 Å². The van der Waals surface area contributed by atoms with Crippen LogP contribution in [0.4, 0.5) is 0 Å². The Morgan fingerprint density at radius 3 is 2.73 bits per heavy atom. The van der Waals surface area contributed by atoms with Gasteiger partial charge in [-0.1, -0.05) is 32.3 Å². The largest absolute Gasteiger partial charge is 0.465 e. The Morgan fingerprint density at radius 1 is 1.47 bits per heavy atom. The van der Waals surface area contributed by atoms with Crippen LogP contribution in [-0.4, -0.2) is 25.2 Å². The first-order valence-corrected chi connectivity index (χ1v) is 5.77. The van der Waals surface area contributed by atoms with Crippen molar-refractivity contribution in [3.05, 3.63) is 12.7 Å². The number of nitrogens with one attached hydrogen (secondary N) is 1. The van der Waals surface area contributed by atoms with Crippen molar-refractivity contribution < 1.29 is 9.53 Å². The van der Waals surface area contributed by atoms with E-state index in [-0.39, 0.29) is 12.0 Å². The summed E-state index contributed by atoms with van der Waals surface area (Å²) in [5, 5.41) is 3.12. The second-order valence-corrected chi connectivity index (χ2v) is 3.50. The van der Waals surface area contributed by atoms with Crippen molar-refractivity contribution in [2.45, 2.75) is 45.6 Å². The molecule has 15 heavy (non-hydrogen) atoms. The van der Waals surface area contributed by atoms with Crippen molar-refractivity contribution in [1.29, 1.82) is 0 Å². The minimum absolute atomic E-state index is 0.143. The Hall–Kier alpha value is -0.830. The van der Waals surface area contributed by atoms with Gasteiger partial charge in [-0.15, -0.1) is 6.58 Å². The molecule has 0 aromatic rings. The molecule has 1 N–H and O–H groups in total. The van der Waals surface area contributed by atoms with E-state index in [1.54, 1.807) is 6.08 Å². The number of carbonyl (C=O) groups excluding carboxylic acids is 1. The molecule has 0 rings (SSSR count). The molecule has 0 aromatic carbocycles. The standard InChI is InChI=1S/C12H23NO2/c1-4-7-8-9-11(13-10-5-2)12(14)15-6-3/h5,11,13H,2,4,6-10H2,1,3H3. The van der Waals surface area contributed by atoms with Crippen LogP contribution in [0.2, 0.25) is 0 Å². The van der Waals surface area contributed by atoms with E-state index in [0.717, 1.165) is 25.7 Å². The van der Waals surface area contributed by atoms with E-state index >= 15 is 0 Å². The highest BCUT2D eigenvalue weighted by atomic mass is 16.5. The summed E-state index contributed by atoms with van der Waals surface area (Å²) in [6.45, 7) is 8.69. The Kier molecular flexibility index (Phi) is 9.18. The fraction of sp³-hybridized carbons (Fsp3) is 0.750. The number of hydrogen-bond donors (Lipinski definition) is 1. The maximum Gasteiger partial charge on any atom is 0.323 e. The smallest absolute Gasteiger partial charge is 0.323 e. The van der Waals surface area contributed by atoms with E-state index in [4.69, 9.17) is 4.74 Å². The summed E-state index contributed by atoms with van der Waals surface area (Å²) >= 11 is 0. The molecule has 0 radical (unpaired) electrons. The van der Waals surface area contributed by atoms with E-state index in [0.29, 0.717) is 13.2 Å². The number of rotatable bonds is 9. The zero-order valence-corrected chi connectivity index (χ0v) is 9.92. The lowest BCUT2D eigenvalue weighted by atomic mass is 10.1. The molecule has 0 amide bonds. The molecule has 1 atom stereocenters. The molecule has 0 fully saturated rings. The first-order valence-electron chi connectivity index (χ1n) is 5.77. The van der Waals surface area contributed by atoms with Gasteiger partial charge in [0.05, 0.1) is 6.61 Å². The SMILES string of the molecule is C=CCNC(CCCCC)C(=O)OCC. The summed E-state index contributed by atoms with van der Waals surface area (Å²) < 4.78 is 5.00. The van der Waals surface area contributed by atoms with Crippen LogP contribution in [0.5, 0.6) is 0 Å². The highest BCUT2D eigenvalue weighted by Crippen LogP contribution is 2.05. The maximum absolute atomic E-state index is 11.5. The number of unbranched alkanes of at least 4 members (excludes halogenated alkanes) is 2. The quantitative estimate of drug-likeness (QED) is 0.363. The van der Waals surface area contributed by atoms with Gasteiger partial charge in [0.15, 0.2) is 0 Å². The molecule has 0 aromatic heterocycles. The van der Waals surface area contributed by atoms with Gasteiger partial charge in [0.2, 0.25) is 0 Å². The van der Waals surface area contributed by atoms with E-state index in [2.05, 4.69) is 18.8 Å². The number of ether oxygens (including phenoxy) is 1. The molecular weight excluding hydrogens is 190 g/mol. The van der Waals surface area contributed by atoms with E-state index < -0.39 is 0 Å². The molecule has 0 aliphatic rings. The van der Waals surface area contributed by atoms with Gasteiger partial charge < -0.3 is 10.1 Å². The van der Waals surface area contributed by atoms with Gasteiger partial charge in [0.25, 0.3) is 0 Å². The summed E-state index contributed by atoms with van der Waals surface area (Å²) in [6.07, 6.45) is 5.99. The van der Waals surface area contributed by atoms with Crippen molar-refractivity contribution in [3.8, 4) is 0 Å². The molecule has 3 nitrogen and oxygen atoms in total. The summed E-state index contributed by atoms with van der Waals surface area (Å²) in [5.41, 5.74) is 0. The van der Waals surface area contributed by atoms with Crippen LogP contribution < -0.4 is 5.32 Å². The average Bonchev–Trinajstić information content (AvgIpc) is 2.23. The van der Waals surface area contributed by atoms with E-state index in [9.17, 15) is 4.79 Å². The zero-order chi connectivity index (χ0) is 11.5. The Bertz CT molecular complexity index is 180. The lowest BCUT2D eigenvalue weighted by Gasteiger charge is -2.15. The van der Waals surface area contributed by atoms with Crippen LogP contribution in [0.1, 0.15) is 39.5 Å². The van der Waals surface area contributed by atoms with Crippen molar-refractivity contribution in [3.63, 3.8) is 0 Å². The summed E-state index contributed by atoms with van der Waals surface area (Å²) in [6, 6.07) is -0.172. The fourth-order valence-corrected chi connectivity index (χ4v) is 1.37. The maximum atomic E-state index is 11.5. The predicted molar refractivity (Wildman–Crippen MR) is 62.8 cm³/mol. The Labute approximate surface area is 92.9 Å². The minimum Gasteiger partial charge on any atom is -0.465 e.